The summed E-state index contributed by atoms with van der Waals surface area (Å²) in [4.78, 5) is 14.6. The van der Waals surface area contributed by atoms with E-state index in [1.807, 2.05) is 76.2 Å². The van der Waals surface area contributed by atoms with Crippen LogP contribution in [0.15, 0.2) is 0 Å². The Labute approximate surface area is 182 Å². The van der Waals surface area contributed by atoms with Gasteiger partial charge in [-0.15, -0.1) is 0 Å². The molecule has 9 heteroatoms. The molecule has 30 heavy (non-hydrogen) atoms. The van der Waals surface area contributed by atoms with Crippen LogP contribution in [0.2, 0.25) is 11.6 Å². The van der Waals surface area contributed by atoms with E-state index in [0.29, 0.717) is 13.1 Å². The molecule has 0 radical (unpaired) electrons. The van der Waals surface area contributed by atoms with Crippen LogP contribution in [0.25, 0.3) is 0 Å². The normalized spacial score (nSPS) is 32.0. The molecule has 3 aliphatic rings. The van der Waals surface area contributed by atoms with Gasteiger partial charge in [-0.1, -0.05) is 0 Å². The minimum atomic E-state index is -0.556. The van der Waals surface area contributed by atoms with Crippen LogP contribution in [-0.2, 0) is 23.4 Å². The Balaban J connectivity index is 1.85. The SMILES string of the molecule is CC(C)(C)OC(=O)N1C[C@H](B2OC(C)(C)C(C)(C)O2)[C@H](B2OC(C)(C)C(C)(C)O2)C1. The minimum Gasteiger partial charge on any atom is -0.444 e. The molecule has 2 atom stereocenters. The standard InChI is InChI=1S/C21H39B2NO6/c1-17(2,3)26-16(25)24-12-14(22-27-18(4,5)19(6,7)28-22)15(13-24)23-29-20(8,9)21(10,11)30-23/h14-15H,12-13H2,1-11H3/t14-,15+. The molecule has 3 heterocycles. The number of rotatable bonds is 2. The third-order valence-electron chi connectivity index (χ3n) is 7.31. The number of amides is 1. The maximum Gasteiger partial charge on any atom is 0.462 e. The van der Waals surface area contributed by atoms with Crippen molar-refractivity contribution < 1.29 is 28.1 Å². The first kappa shape index (κ1) is 23.9. The molecule has 3 fully saturated rings. The highest BCUT2D eigenvalue weighted by Gasteiger charge is 2.63. The zero-order chi connectivity index (χ0) is 22.9. The summed E-state index contributed by atoms with van der Waals surface area (Å²) in [6.45, 7) is 22.9. The predicted molar refractivity (Wildman–Crippen MR) is 117 cm³/mol. The molecule has 3 aliphatic heterocycles. The highest BCUT2D eigenvalue weighted by atomic mass is 16.7. The van der Waals surface area contributed by atoms with Gasteiger partial charge < -0.3 is 28.3 Å². The second-order valence-electron chi connectivity index (χ2n) is 12.0. The second-order valence-corrected chi connectivity index (χ2v) is 12.0. The van der Waals surface area contributed by atoms with Crippen molar-refractivity contribution >= 4 is 20.3 Å². The first-order valence-corrected chi connectivity index (χ1v) is 11.0. The van der Waals surface area contributed by atoms with Crippen LogP contribution >= 0.6 is 0 Å². The number of nitrogens with zero attached hydrogens (tertiary/aromatic N) is 1. The van der Waals surface area contributed by atoms with Gasteiger partial charge in [0.1, 0.15) is 5.60 Å². The molecule has 0 N–H and O–H groups in total. The van der Waals surface area contributed by atoms with Crippen LogP contribution in [-0.4, -0.2) is 66.3 Å². The van der Waals surface area contributed by atoms with Gasteiger partial charge >= 0.3 is 20.3 Å². The van der Waals surface area contributed by atoms with Crippen LogP contribution in [0.1, 0.15) is 76.2 Å². The van der Waals surface area contributed by atoms with Gasteiger partial charge in [-0.2, -0.15) is 0 Å². The Morgan fingerprint density at radius 3 is 1.33 bits per heavy atom. The van der Waals surface area contributed by atoms with Gasteiger partial charge in [0, 0.05) is 24.7 Å². The largest absolute Gasteiger partial charge is 0.462 e. The molecule has 1 amide bonds. The summed E-state index contributed by atoms with van der Waals surface area (Å²) in [7, 11) is -0.905. The summed E-state index contributed by atoms with van der Waals surface area (Å²) < 4.78 is 31.1. The summed E-state index contributed by atoms with van der Waals surface area (Å²) in [5.41, 5.74) is -2.34. The van der Waals surface area contributed by atoms with Gasteiger partial charge in [0.25, 0.3) is 0 Å². The zero-order valence-corrected chi connectivity index (χ0v) is 20.6. The lowest BCUT2D eigenvalue weighted by Gasteiger charge is -2.32. The van der Waals surface area contributed by atoms with Crippen molar-refractivity contribution in [2.75, 3.05) is 13.1 Å². The first-order valence-electron chi connectivity index (χ1n) is 11.0. The molecule has 0 aromatic carbocycles. The number of likely N-dealkylation sites (tertiary alicyclic amines) is 1. The van der Waals surface area contributed by atoms with Gasteiger partial charge in [-0.25, -0.2) is 4.79 Å². The maximum absolute atomic E-state index is 12.8. The molecular formula is C21H39B2NO6. The van der Waals surface area contributed by atoms with Gasteiger partial charge in [-0.3, -0.25) is 0 Å². The Kier molecular flexibility index (Phi) is 5.67. The summed E-state index contributed by atoms with van der Waals surface area (Å²) >= 11 is 0. The lowest BCUT2D eigenvalue weighted by Crippen LogP contribution is -2.41. The van der Waals surface area contributed by atoms with Crippen molar-refractivity contribution in [3.63, 3.8) is 0 Å². The molecule has 3 saturated heterocycles. The van der Waals surface area contributed by atoms with Gasteiger partial charge in [0.05, 0.1) is 22.4 Å². The fraction of sp³-hybridized carbons (Fsp3) is 0.952. The van der Waals surface area contributed by atoms with Gasteiger partial charge in [0.2, 0.25) is 0 Å². The molecule has 3 rings (SSSR count). The Bertz CT molecular complexity index is 611. The molecule has 0 unspecified atom stereocenters. The van der Waals surface area contributed by atoms with E-state index in [1.54, 1.807) is 4.90 Å². The summed E-state index contributed by atoms with van der Waals surface area (Å²) in [6.07, 6.45) is -0.331. The van der Waals surface area contributed by atoms with E-state index in [2.05, 4.69) is 0 Å². The van der Waals surface area contributed by atoms with Crippen LogP contribution < -0.4 is 0 Å². The fourth-order valence-corrected chi connectivity index (χ4v) is 4.03. The smallest absolute Gasteiger partial charge is 0.444 e. The minimum absolute atomic E-state index is 0.0896. The van der Waals surface area contributed by atoms with Crippen LogP contribution in [0.3, 0.4) is 0 Å². The number of carbonyl (C=O) groups excluding carboxylic acids is 1. The average molecular weight is 423 g/mol. The Morgan fingerprint density at radius 2 is 1.07 bits per heavy atom. The van der Waals surface area contributed by atoms with E-state index in [4.69, 9.17) is 23.4 Å². The van der Waals surface area contributed by atoms with Crippen molar-refractivity contribution in [3.8, 4) is 0 Å². The molecule has 7 nitrogen and oxygen atoms in total. The quantitative estimate of drug-likeness (QED) is 0.622. The van der Waals surface area contributed by atoms with E-state index < -0.39 is 42.2 Å². The number of carbonyl (C=O) groups is 1. The van der Waals surface area contributed by atoms with Gasteiger partial charge in [-0.05, 0) is 76.2 Å². The Hall–Kier alpha value is -0.760. The second kappa shape index (κ2) is 7.12. The van der Waals surface area contributed by atoms with Crippen LogP contribution in [0.4, 0.5) is 4.79 Å². The maximum atomic E-state index is 12.8. The summed E-state index contributed by atoms with van der Waals surface area (Å²) in [5, 5.41) is 0. The molecule has 0 aromatic heterocycles. The molecule has 0 spiro atoms. The first-order chi connectivity index (χ1) is 13.4. The van der Waals surface area contributed by atoms with E-state index >= 15 is 0 Å². The molecule has 0 aliphatic carbocycles. The third kappa shape index (κ3) is 4.27. The predicted octanol–water partition coefficient (Wildman–Crippen LogP) is 4.16. The molecule has 0 aromatic rings. The highest BCUT2D eigenvalue weighted by Crippen LogP contribution is 2.50. The number of hydrogen-bond donors (Lipinski definition) is 0. The van der Waals surface area contributed by atoms with Crippen LogP contribution in [0.5, 0.6) is 0 Å². The fourth-order valence-electron chi connectivity index (χ4n) is 4.03. The van der Waals surface area contributed by atoms with Crippen molar-refractivity contribution in [3.05, 3.63) is 0 Å². The van der Waals surface area contributed by atoms with E-state index in [-0.39, 0.29) is 17.7 Å². The zero-order valence-electron chi connectivity index (χ0n) is 20.6. The van der Waals surface area contributed by atoms with E-state index in [9.17, 15) is 4.79 Å². The monoisotopic (exact) mass is 423 g/mol. The summed E-state index contributed by atoms with van der Waals surface area (Å²) in [5.74, 6) is -0.179. The average Bonchev–Trinajstić information content (AvgIpc) is 3.10. The van der Waals surface area contributed by atoms with Crippen LogP contribution in [0, 0.1) is 0 Å². The van der Waals surface area contributed by atoms with Gasteiger partial charge in [0.15, 0.2) is 0 Å². The molecule has 0 saturated carbocycles. The molecular weight excluding hydrogens is 384 g/mol. The van der Waals surface area contributed by atoms with E-state index in [1.165, 1.54) is 0 Å². The number of hydrogen-bond acceptors (Lipinski definition) is 6. The lowest BCUT2D eigenvalue weighted by atomic mass is 9.54. The topological polar surface area (TPSA) is 66.5 Å². The number of ether oxygens (including phenoxy) is 1. The van der Waals surface area contributed by atoms with Crippen molar-refractivity contribution in [1.29, 1.82) is 0 Å². The lowest BCUT2D eigenvalue weighted by molar-refractivity contribution is 0.00578. The Morgan fingerprint density at radius 1 is 0.767 bits per heavy atom. The molecule has 0 bridgehead atoms. The van der Waals surface area contributed by atoms with E-state index in [0.717, 1.165) is 0 Å². The molecule has 170 valence electrons. The summed E-state index contributed by atoms with van der Waals surface area (Å²) in [6, 6.07) is 0. The third-order valence-corrected chi connectivity index (χ3v) is 7.31. The van der Waals surface area contributed by atoms with Crippen molar-refractivity contribution in [2.45, 2.75) is 116 Å². The highest BCUT2D eigenvalue weighted by molar-refractivity contribution is 6.55. The van der Waals surface area contributed by atoms with Crippen molar-refractivity contribution in [2.24, 2.45) is 0 Å². The van der Waals surface area contributed by atoms with Crippen molar-refractivity contribution in [1.82, 2.24) is 4.90 Å².